The highest BCUT2D eigenvalue weighted by Crippen LogP contribution is 2.30. The zero-order chi connectivity index (χ0) is 12.5. The number of fused-ring (bicyclic) bond motifs is 1. The topological polar surface area (TPSA) is 26.2 Å². The quantitative estimate of drug-likeness (QED) is 0.857. The third-order valence-corrected chi connectivity index (χ3v) is 3.95. The molecule has 3 rings (SSSR count). The minimum Gasteiger partial charge on any atom is -0.380 e. The summed E-state index contributed by atoms with van der Waals surface area (Å²) in [6, 6.07) is 8.59. The SMILES string of the molecule is Cn1c(C2CCOCCN2)cc2c(Cl)cccc21. The van der Waals surface area contributed by atoms with Gasteiger partial charge in [0.05, 0.1) is 6.61 Å². The molecule has 3 nitrogen and oxygen atoms in total. The third kappa shape index (κ3) is 2.03. The second kappa shape index (κ2) is 4.92. The zero-order valence-corrected chi connectivity index (χ0v) is 11.2. The molecule has 0 bridgehead atoms. The highest BCUT2D eigenvalue weighted by atomic mass is 35.5. The Hall–Kier alpha value is -1.03. The van der Waals surface area contributed by atoms with Crippen molar-refractivity contribution in [2.45, 2.75) is 12.5 Å². The van der Waals surface area contributed by atoms with Crippen molar-refractivity contribution in [3.63, 3.8) is 0 Å². The molecule has 0 aliphatic carbocycles. The number of nitrogens with one attached hydrogen (secondary N) is 1. The molecule has 1 aliphatic rings. The number of ether oxygens (including phenoxy) is 1. The molecule has 1 atom stereocenters. The van der Waals surface area contributed by atoms with E-state index in [-0.39, 0.29) is 0 Å². The number of hydrogen-bond acceptors (Lipinski definition) is 2. The van der Waals surface area contributed by atoms with Gasteiger partial charge in [-0.05, 0) is 24.6 Å². The standard InChI is InChI=1S/C14H17ClN2O/c1-17-13-4-2-3-11(15)10(13)9-14(17)12-5-7-18-8-6-16-12/h2-4,9,12,16H,5-8H2,1H3. The summed E-state index contributed by atoms with van der Waals surface area (Å²) in [5.41, 5.74) is 2.47. The van der Waals surface area contributed by atoms with E-state index in [9.17, 15) is 0 Å². The van der Waals surface area contributed by atoms with E-state index in [4.69, 9.17) is 16.3 Å². The van der Waals surface area contributed by atoms with E-state index in [1.165, 1.54) is 11.2 Å². The van der Waals surface area contributed by atoms with E-state index in [2.05, 4.69) is 29.1 Å². The molecule has 0 spiro atoms. The summed E-state index contributed by atoms with van der Waals surface area (Å²) in [6.07, 6.45) is 1.00. The van der Waals surface area contributed by atoms with Gasteiger partial charge in [0.25, 0.3) is 0 Å². The lowest BCUT2D eigenvalue weighted by atomic mass is 10.1. The molecule has 4 heteroatoms. The molecule has 0 saturated carbocycles. The number of aryl methyl sites for hydroxylation is 1. The Morgan fingerprint density at radius 3 is 3.11 bits per heavy atom. The van der Waals surface area contributed by atoms with Crippen molar-refractivity contribution in [1.29, 1.82) is 0 Å². The molecule has 1 aliphatic heterocycles. The number of aromatic nitrogens is 1. The Morgan fingerprint density at radius 2 is 2.28 bits per heavy atom. The van der Waals surface area contributed by atoms with Crippen LogP contribution in [0.15, 0.2) is 24.3 Å². The van der Waals surface area contributed by atoms with E-state index in [0.29, 0.717) is 6.04 Å². The summed E-state index contributed by atoms with van der Waals surface area (Å²) >= 11 is 6.26. The second-order valence-electron chi connectivity index (χ2n) is 4.71. The monoisotopic (exact) mass is 264 g/mol. The minimum absolute atomic E-state index is 0.348. The van der Waals surface area contributed by atoms with Crippen LogP contribution in [0.3, 0.4) is 0 Å². The van der Waals surface area contributed by atoms with Crippen molar-refractivity contribution in [3.8, 4) is 0 Å². The van der Waals surface area contributed by atoms with Gasteiger partial charge < -0.3 is 14.6 Å². The molecule has 0 amide bonds. The Morgan fingerprint density at radius 1 is 1.39 bits per heavy atom. The number of nitrogens with zero attached hydrogens (tertiary/aromatic N) is 1. The molecule has 1 unspecified atom stereocenters. The Balaban J connectivity index is 2.06. The molecular weight excluding hydrogens is 248 g/mol. The molecule has 1 saturated heterocycles. The van der Waals surface area contributed by atoms with Gasteiger partial charge in [-0.3, -0.25) is 0 Å². The van der Waals surface area contributed by atoms with Crippen LogP contribution in [0.25, 0.3) is 10.9 Å². The van der Waals surface area contributed by atoms with E-state index in [0.717, 1.165) is 36.6 Å². The fourth-order valence-electron chi connectivity index (χ4n) is 2.64. The third-order valence-electron chi connectivity index (χ3n) is 3.62. The van der Waals surface area contributed by atoms with Crippen molar-refractivity contribution in [2.75, 3.05) is 19.8 Å². The highest BCUT2D eigenvalue weighted by molar-refractivity contribution is 6.35. The normalized spacial score (nSPS) is 21.1. The van der Waals surface area contributed by atoms with Crippen LogP contribution < -0.4 is 5.32 Å². The zero-order valence-electron chi connectivity index (χ0n) is 10.4. The largest absolute Gasteiger partial charge is 0.380 e. The molecule has 0 radical (unpaired) electrons. The maximum Gasteiger partial charge on any atom is 0.0591 e. The minimum atomic E-state index is 0.348. The van der Waals surface area contributed by atoms with E-state index >= 15 is 0 Å². The average molecular weight is 265 g/mol. The van der Waals surface area contributed by atoms with Crippen LogP contribution in [0.2, 0.25) is 5.02 Å². The maximum atomic E-state index is 6.26. The van der Waals surface area contributed by atoms with Crippen molar-refractivity contribution in [1.82, 2.24) is 9.88 Å². The van der Waals surface area contributed by atoms with Gasteiger partial charge in [-0.25, -0.2) is 0 Å². The van der Waals surface area contributed by atoms with Gasteiger partial charge in [-0.15, -0.1) is 0 Å². The van der Waals surface area contributed by atoms with E-state index in [1.807, 2.05) is 12.1 Å². The fourth-order valence-corrected chi connectivity index (χ4v) is 2.87. The van der Waals surface area contributed by atoms with Crippen molar-refractivity contribution >= 4 is 22.5 Å². The van der Waals surface area contributed by atoms with Crippen LogP contribution in [0, 0.1) is 0 Å². The van der Waals surface area contributed by atoms with Crippen LogP contribution in [0.4, 0.5) is 0 Å². The van der Waals surface area contributed by atoms with Gasteiger partial charge in [0.2, 0.25) is 0 Å². The molecule has 1 N–H and O–H groups in total. The lowest BCUT2D eigenvalue weighted by molar-refractivity contribution is 0.149. The van der Waals surface area contributed by atoms with Gasteiger partial charge in [0.1, 0.15) is 0 Å². The highest BCUT2D eigenvalue weighted by Gasteiger charge is 2.18. The van der Waals surface area contributed by atoms with Crippen LogP contribution in [-0.2, 0) is 11.8 Å². The molecule has 2 aromatic rings. The number of benzene rings is 1. The molecule has 2 heterocycles. The molecule has 1 aromatic carbocycles. The van der Waals surface area contributed by atoms with Crippen molar-refractivity contribution < 1.29 is 4.74 Å². The second-order valence-corrected chi connectivity index (χ2v) is 5.12. The predicted octanol–water partition coefficient (Wildman–Crippen LogP) is 2.88. The van der Waals surface area contributed by atoms with E-state index in [1.54, 1.807) is 0 Å². The maximum absolute atomic E-state index is 6.26. The predicted molar refractivity (Wildman–Crippen MR) is 74.1 cm³/mol. The smallest absolute Gasteiger partial charge is 0.0591 e. The lowest BCUT2D eigenvalue weighted by Gasteiger charge is -2.16. The fraction of sp³-hybridized carbons (Fsp3) is 0.429. The van der Waals surface area contributed by atoms with Crippen LogP contribution in [-0.4, -0.2) is 24.3 Å². The van der Waals surface area contributed by atoms with Crippen molar-refractivity contribution in [2.24, 2.45) is 7.05 Å². The molecule has 96 valence electrons. The number of rotatable bonds is 1. The summed E-state index contributed by atoms with van der Waals surface area (Å²) in [6.45, 7) is 2.51. The first kappa shape index (κ1) is 12.0. The Kier molecular flexibility index (Phi) is 3.29. The lowest BCUT2D eigenvalue weighted by Crippen LogP contribution is -2.23. The summed E-state index contributed by atoms with van der Waals surface area (Å²) in [5, 5.41) is 5.48. The molecule has 18 heavy (non-hydrogen) atoms. The van der Waals surface area contributed by atoms with Gasteiger partial charge in [-0.1, -0.05) is 17.7 Å². The Labute approximate surface area is 112 Å². The van der Waals surface area contributed by atoms with Gasteiger partial charge >= 0.3 is 0 Å². The van der Waals surface area contributed by atoms with Gasteiger partial charge in [0.15, 0.2) is 0 Å². The van der Waals surface area contributed by atoms with Crippen LogP contribution >= 0.6 is 11.6 Å². The number of halogens is 1. The first-order valence-corrected chi connectivity index (χ1v) is 6.70. The van der Waals surface area contributed by atoms with E-state index < -0.39 is 0 Å². The number of hydrogen-bond donors (Lipinski definition) is 1. The van der Waals surface area contributed by atoms with Crippen LogP contribution in [0.1, 0.15) is 18.2 Å². The molecular formula is C14H17ClN2O. The average Bonchev–Trinajstić information content (AvgIpc) is 2.57. The summed E-state index contributed by atoms with van der Waals surface area (Å²) in [5.74, 6) is 0. The van der Waals surface area contributed by atoms with Gasteiger partial charge in [-0.2, -0.15) is 0 Å². The summed E-state index contributed by atoms with van der Waals surface area (Å²) in [7, 11) is 2.10. The molecule has 1 aromatic heterocycles. The van der Waals surface area contributed by atoms with Crippen LogP contribution in [0.5, 0.6) is 0 Å². The Bertz CT molecular complexity index is 556. The first-order valence-electron chi connectivity index (χ1n) is 6.32. The first-order chi connectivity index (χ1) is 8.77. The van der Waals surface area contributed by atoms with Gasteiger partial charge in [0, 0.05) is 47.9 Å². The van der Waals surface area contributed by atoms with Crippen molar-refractivity contribution in [3.05, 3.63) is 35.0 Å². The summed E-state index contributed by atoms with van der Waals surface area (Å²) in [4.78, 5) is 0. The molecule has 1 fully saturated rings. The summed E-state index contributed by atoms with van der Waals surface area (Å²) < 4.78 is 7.71.